The van der Waals surface area contributed by atoms with E-state index in [-0.39, 0.29) is 24.0 Å². The number of aromatic nitrogens is 2. The average Bonchev–Trinajstić information content (AvgIpc) is 2.72. The summed E-state index contributed by atoms with van der Waals surface area (Å²) in [5, 5.41) is 4.26. The van der Waals surface area contributed by atoms with Crippen LogP contribution >= 0.6 is 35.6 Å². The second-order valence-corrected chi connectivity index (χ2v) is 6.86. The number of benzene rings is 1. The monoisotopic (exact) mass is 514 g/mol. The van der Waals surface area contributed by atoms with Crippen molar-refractivity contribution in [3.05, 3.63) is 53.3 Å². The fourth-order valence-electron chi connectivity index (χ4n) is 3.15. The number of aliphatic imine (C=N–C) groups is 1. The van der Waals surface area contributed by atoms with Gasteiger partial charge in [-0.1, -0.05) is 29.8 Å². The minimum absolute atomic E-state index is 0. The Balaban J connectivity index is 0.00000280. The molecule has 6 nitrogen and oxygen atoms in total. The third-order valence-corrected chi connectivity index (χ3v) is 4.94. The van der Waals surface area contributed by atoms with Gasteiger partial charge in [0.2, 0.25) is 5.95 Å². The molecule has 8 heteroatoms. The quantitative estimate of drug-likeness (QED) is 0.277. The van der Waals surface area contributed by atoms with Crippen molar-refractivity contribution in [2.45, 2.75) is 19.8 Å². The molecule has 1 saturated heterocycles. The van der Waals surface area contributed by atoms with Gasteiger partial charge in [-0.15, -0.1) is 24.0 Å². The Morgan fingerprint density at radius 1 is 1.11 bits per heavy atom. The zero-order valence-electron chi connectivity index (χ0n) is 16.2. The van der Waals surface area contributed by atoms with Gasteiger partial charge < -0.3 is 15.1 Å². The number of guanidine groups is 1. The Kier molecular flexibility index (Phi) is 9.77. The highest BCUT2D eigenvalue weighted by molar-refractivity contribution is 14.0. The molecule has 0 aliphatic carbocycles. The number of aryl methyl sites for hydroxylation is 1. The first-order valence-electron chi connectivity index (χ1n) is 9.56. The summed E-state index contributed by atoms with van der Waals surface area (Å²) in [7, 11) is 0. The summed E-state index contributed by atoms with van der Waals surface area (Å²) < 4.78 is 0. The van der Waals surface area contributed by atoms with Crippen molar-refractivity contribution in [2.24, 2.45) is 4.99 Å². The van der Waals surface area contributed by atoms with Gasteiger partial charge in [-0.3, -0.25) is 4.99 Å². The molecule has 0 saturated carbocycles. The van der Waals surface area contributed by atoms with Crippen LogP contribution < -0.4 is 10.2 Å². The highest BCUT2D eigenvalue weighted by Gasteiger charge is 2.20. The van der Waals surface area contributed by atoms with Gasteiger partial charge in [-0.25, -0.2) is 9.97 Å². The molecule has 0 bridgehead atoms. The topological polar surface area (TPSA) is 56.7 Å². The van der Waals surface area contributed by atoms with E-state index in [9.17, 15) is 0 Å². The highest BCUT2D eigenvalue weighted by atomic mass is 127. The maximum atomic E-state index is 6.23. The maximum absolute atomic E-state index is 6.23. The third kappa shape index (κ3) is 6.48. The van der Waals surface area contributed by atoms with Gasteiger partial charge in [-0.2, -0.15) is 0 Å². The maximum Gasteiger partial charge on any atom is 0.225 e. The van der Waals surface area contributed by atoms with Crippen molar-refractivity contribution in [3.63, 3.8) is 0 Å². The summed E-state index contributed by atoms with van der Waals surface area (Å²) >= 11 is 6.23. The fourth-order valence-corrected chi connectivity index (χ4v) is 3.38. The van der Waals surface area contributed by atoms with Gasteiger partial charge >= 0.3 is 0 Å². The molecule has 152 valence electrons. The van der Waals surface area contributed by atoms with E-state index < -0.39 is 0 Å². The zero-order chi connectivity index (χ0) is 18.9. The van der Waals surface area contributed by atoms with Crippen molar-refractivity contribution in [1.82, 2.24) is 20.2 Å². The normalized spacial score (nSPS) is 14.6. The molecular weight excluding hydrogens is 487 g/mol. The molecule has 0 radical (unpaired) electrons. The van der Waals surface area contributed by atoms with Gasteiger partial charge in [0.15, 0.2) is 5.96 Å². The highest BCUT2D eigenvalue weighted by Crippen LogP contribution is 2.16. The molecule has 3 rings (SSSR count). The molecule has 2 heterocycles. The Hall–Kier alpha value is -1.61. The number of rotatable bonds is 6. The number of piperazine rings is 1. The lowest BCUT2D eigenvalue weighted by atomic mass is 10.1. The van der Waals surface area contributed by atoms with Crippen molar-refractivity contribution < 1.29 is 0 Å². The molecule has 1 fully saturated rings. The minimum atomic E-state index is 0. The Bertz CT molecular complexity index is 734. The third-order valence-electron chi connectivity index (χ3n) is 4.57. The molecule has 1 aliphatic heterocycles. The van der Waals surface area contributed by atoms with Crippen LogP contribution in [0.25, 0.3) is 0 Å². The van der Waals surface area contributed by atoms with Gasteiger partial charge in [0.25, 0.3) is 0 Å². The summed E-state index contributed by atoms with van der Waals surface area (Å²) in [6, 6.07) is 9.87. The summed E-state index contributed by atoms with van der Waals surface area (Å²) in [6.07, 6.45) is 5.51. The van der Waals surface area contributed by atoms with Crippen molar-refractivity contribution >= 4 is 47.5 Å². The molecular formula is C20H28ClIN6. The second kappa shape index (κ2) is 12.1. The summed E-state index contributed by atoms with van der Waals surface area (Å²) in [5.74, 6) is 1.80. The van der Waals surface area contributed by atoms with E-state index in [1.165, 1.54) is 5.56 Å². The van der Waals surface area contributed by atoms with Crippen LogP contribution in [0.3, 0.4) is 0 Å². The number of nitrogens with zero attached hydrogens (tertiary/aromatic N) is 5. The van der Waals surface area contributed by atoms with Crippen LogP contribution in [0.1, 0.15) is 18.9 Å². The largest absolute Gasteiger partial charge is 0.357 e. The first-order valence-corrected chi connectivity index (χ1v) is 9.94. The molecule has 0 atom stereocenters. The van der Waals surface area contributed by atoms with Crippen molar-refractivity contribution in [1.29, 1.82) is 0 Å². The second-order valence-electron chi connectivity index (χ2n) is 6.45. The smallest absolute Gasteiger partial charge is 0.225 e. The lowest BCUT2D eigenvalue weighted by Crippen LogP contribution is -2.53. The van der Waals surface area contributed by atoms with Gasteiger partial charge in [-0.05, 0) is 37.5 Å². The van der Waals surface area contributed by atoms with E-state index in [1.807, 2.05) is 24.3 Å². The molecule has 1 aromatic carbocycles. The molecule has 0 amide bonds. The van der Waals surface area contributed by atoms with Gasteiger partial charge in [0, 0.05) is 56.7 Å². The van der Waals surface area contributed by atoms with E-state index in [2.05, 4.69) is 38.1 Å². The Labute approximate surface area is 189 Å². The Morgan fingerprint density at radius 3 is 2.50 bits per heavy atom. The van der Waals surface area contributed by atoms with Crippen LogP contribution in [0.15, 0.2) is 47.7 Å². The van der Waals surface area contributed by atoms with Crippen molar-refractivity contribution in [3.8, 4) is 0 Å². The summed E-state index contributed by atoms with van der Waals surface area (Å²) in [4.78, 5) is 18.0. The number of halogens is 2. The number of nitrogens with one attached hydrogen (secondary N) is 1. The molecule has 1 aromatic heterocycles. The zero-order valence-corrected chi connectivity index (χ0v) is 19.3. The fraction of sp³-hybridized carbons (Fsp3) is 0.450. The predicted molar refractivity (Wildman–Crippen MR) is 127 cm³/mol. The molecule has 2 aromatic rings. The van der Waals surface area contributed by atoms with Crippen LogP contribution in [-0.2, 0) is 6.42 Å². The van der Waals surface area contributed by atoms with Crippen LogP contribution in [0.4, 0.5) is 5.95 Å². The van der Waals surface area contributed by atoms with Crippen LogP contribution in [0.5, 0.6) is 0 Å². The first-order chi connectivity index (χ1) is 13.3. The number of anilines is 1. The number of hydrogen-bond donors (Lipinski definition) is 1. The lowest BCUT2D eigenvalue weighted by Gasteiger charge is -2.36. The van der Waals surface area contributed by atoms with E-state index in [4.69, 9.17) is 16.6 Å². The van der Waals surface area contributed by atoms with Gasteiger partial charge in [0.05, 0.1) is 0 Å². The van der Waals surface area contributed by atoms with Crippen LogP contribution in [-0.4, -0.2) is 60.1 Å². The molecule has 1 N–H and O–H groups in total. The standard InChI is InChI=1S/C20H27ClN6.HI/c1-2-22-19(23-10-5-8-17-7-3-4-9-18(17)21)26-13-15-27(16-14-26)20-24-11-6-12-25-20;/h3-4,6-7,9,11-12H,2,5,8,10,13-16H2,1H3,(H,22,23);1H. The molecule has 1 aliphatic rings. The van der Waals surface area contributed by atoms with E-state index in [1.54, 1.807) is 12.4 Å². The summed E-state index contributed by atoms with van der Waals surface area (Å²) in [6.45, 7) is 7.37. The van der Waals surface area contributed by atoms with E-state index >= 15 is 0 Å². The predicted octanol–water partition coefficient (Wildman–Crippen LogP) is 3.47. The summed E-state index contributed by atoms with van der Waals surface area (Å²) in [5.41, 5.74) is 1.19. The SMILES string of the molecule is CCNC(=NCCCc1ccccc1Cl)N1CCN(c2ncccn2)CC1.I. The average molecular weight is 515 g/mol. The van der Waals surface area contributed by atoms with Gasteiger partial charge in [0.1, 0.15) is 0 Å². The van der Waals surface area contributed by atoms with Crippen LogP contribution in [0, 0.1) is 0 Å². The first kappa shape index (κ1) is 22.7. The molecule has 0 spiro atoms. The minimum Gasteiger partial charge on any atom is -0.357 e. The lowest BCUT2D eigenvalue weighted by molar-refractivity contribution is 0.370. The van der Waals surface area contributed by atoms with Crippen molar-refractivity contribution in [2.75, 3.05) is 44.2 Å². The van der Waals surface area contributed by atoms with E-state index in [0.29, 0.717) is 0 Å². The Morgan fingerprint density at radius 2 is 1.82 bits per heavy atom. The number of hydrogen-bond acceptors (Lipinski definition) is 4. The molecule has 0 unspecified atom stereocenters. The van der Waals surface area contributed by atoms with E-state index in [0.717, 1.165) is 69.0 Å². The van der Waals surface area contributed by atoms with Crippen LogP contribution in [0.2, 0.25) is 5.02 Å². The molecule has 28 heavy (non-hydrogen) atoms.